The van der Waals surface area contributed by atoms with E-state index < -0.39 is 11.6 Å². The van der Waals surface area contributed by atoms with E-state index >= 15 is 0 Å². The zero-order valence-electron chi connectivity index (χ0n) is 7.78. The van der Waals surface area contributed by atoms with Crippen molar-refractivity contribution < 1.29 is 8.78 Å². The van der Waals surface area contributed by atoms with E-state index in [1.807, 2.05) is 30.3 Å². The molecule has 2 rings (SSSR count). The van der Waals surface area contributed by atoms with Crippen molar-refractivity contribution in [3.8, 4) is 0 Å². The number of rotatable bonds is 2. The molecule has 0 aliphatic heterocycles. The minimum atomic E-state index is -0.524. The molecule has 0 atom stereocenters. The van der Waals surface area contributed by atoms with Gasteiger partial charge in [-0.25, -0.2) is 8.78 Å². The number of hydrogen-bond acceptors (Lipinski definition) is 1. The third kappa shape index (κ3) is 2.36. The number of benzene rings is 2. The molecule has 0 bridgehead atoms. The molecule has 0 fully saturated rings. The van der Waals surface area contributed by atoms with Gasteiger partial charge in [-0.1, -0.05) is 36.0 Å². The predicted molar refractivity (Wildman–Crippen MR) is 56.9 cm³/mol. The molecule has 2 aromatic carbocycles. The Morgan fingerprint density at radius 1 is 0.733 bits per heavy atom. The normalized spacial score (nSPS) is 10.3. The topological polar surface area (TPSA) is 0 Å². The van der Waals surface area contributed by atoms with Crippen LogP contribution in [0.15, 0.2) is 58.3 Å². The lowest BCUT2D eigenvalue weighted by Crippen LogP contribution is -1.86. The maximum Gasteiger partial charge on any atom is 0.140 e. The summed E-state index contributed by atoms with van der Waals surface area (Å²) in [6, 6.07) is 13.0. The summed E-state index contributed by atoms with van der Waals surface area (Å²) < 4.78 is 26.6. The zero-order chi connectivity index (χ0) is 10.7. The molecule has 0 nitrogen and oxygen atoms in total. The molecule has 0 saturated carbocycles. The lowest BCUT2D eigenvalue weighted by molar-refractivity contribution is 0.540. The predicted octanol–water partition coefficient (Wildman–Crippen LogP) is 4.12. The van der Waals surface area contributed by atoms with Crippen LogP contribution in [0.4, 0.5) is 8.78 Å². The van der Waals surface area contributed by atoms with Crippen molar-refractivity contribution in [2.45, 2.75) is 9.79 Å². The number of hydrogen-bond donors (Lipinski definition) is 0. The van der Waals surface area contributed by atoms with Gasteiger partial charge in [0.2, 0.25) is 0 Å². The summed E-state index contributed by atoms with van der Waals surface area (Å²) in [6.07, 6.45) is 0. The highest BCUT2D eigenvalue weighted by Crippen LogP contribution is 2.31. The van der Waals surface area contributed by atoms with Gasteiger partial charge in [0.05, 0.1) is 4.90 Å². The highest BCUT2D eigenvalue weighted by molar-refractivity contribution is 7.99. The van der Waals surface area contributed by atoms with Gasteiger partial charge < -0.3 is 0 Å². The van der Waals surface area contributed by atoms with Gasteiger partial charge in [-0.2, -0.15) is 0 Å². The van der Waals surface area contributed by atoms with E-state index in [1.165, 1.54) is 18.2 Å². The Balaban J connectivity index is 2.32. The molecule has 0 heterocycles. The van der Waals surface area contributed by atoms with E-state index in [0.29, 0.717) is 0 Å². The maximum absolute atomic E-state index is 13.3. The number of halogens is 2. The van der Waals surface area contributed by atoms with Crippen LogP contribution in [0.3, 0.4) is 0 Å². The standard InChI is InChI=1S/C12H8F2S/c13-10-7-4-8-11(14)12(10)15-9-5-2-1-3-6-9/h1-8H. The molecule has 3 heteroatoms. The molecule has 0 amide bonds. The molecule has 0 aromatic heterocycles. The van der Waals surface area contributed by atoms with Crippen molar-refractivity contribution >= 4 is 11.8 Å². The average Bonchev–Trinajstić information content (AvgIpc) is 2.25. The highest BCUT2D eigenvalue weighted by Gasteiger charge is 2.09. The van der Waals surface area contributed by atoms with Crippen molar-refractivity contribution in [3.05, 3.63) is 60.2 Å². The quantitative estimate of drug-likeness (QED) is 0.736. The first-order valence-corrected chi connectivity index (χ1v) is 5.26. The van der Waals surface area contributed by atoms with Gasteiger partial charge in [0.15, 0.2) is 0 Å². The first kappa shape index (κ1) is 10.2. The Morgan fingerprint density at radius 3 is 1.93 bits per heavy atom. The monoisotopic (exact) mass is 222 g/mol. The van der Waals surface area contributed by atoms with Crippen LogP contribution in [0.1, 0.15) is 0 Å². The van der Waals surface area contributed by atoms with Gasteiger partial charge in [0.1, 0.15) is 11.6 Å². The van der Waals surface area contributed by atoms with E-state index in [-0.39, 0.29) is 4.90 Å². The van der Waals surface area contributed by atoms with Crippen molar-refractivity contribution in [2.24, 2.45) is 0 Å². The summed E-state index contributed by atoms with van der Waals surface area (Å²) in [6.45, 7) is 0. The van der Waals surface area contributed by atoms with Crippen LogP contribution >= 0.6 is 11.8 Å². The van der Waals surface area contributed by atoms with E-state index in [0.717, 1.165) is 16.7 Å². The molecule has 0 unspecified atom stereocenters. The molecule has 2 aromatic rings. The molecule has 0 radical (unpaired) electrons. The van der Waals surface area contributed by atoms with Crippen LogP contribution in [0, 0.1) is 11.6 Å². The van der Waals surface area contributed by atoms with Gasteiger partial charge in [-0.3, -0.25) is 0 Å². The summed E-state index contributed by atoms with van der Waals surface area (Å²) in [7, 11) is 0. The van der Waals surface area contributed by atoms with Crippen LogP contribution in [0.2, 0.25) is 0 Å². The molecule has 76 valence electrons. The molecule has 0 N–H and O–H groups in total. The van der Waals surface area contributed by atoms with E-state index in [1.54, 1.807) is 0 Å². The van der Waals surface area contributed by atoms with Crippen molar-refractivity contribution in [3.63, 3.8) is 0 Å². The summed E-state index contributed by atoms with van der Waals surface area (Å²) in [5.41, 5.74) is 0. The molecule has 15 heavy (non-hydrogen) atoms. The van der Waals surface area contributed by atoms with Crippen molar-refractivity contribution in [2.75, 3.05) is 0 Å². The Labute approximate surface area is 90.9 Å². The SMILES string of the molecule is Fc1cccc(F)c1Sc1ccccc1. The average molecular weight is 222 g/mol. The third-order valence-corrected chi connectivity index (χ3v) is 2.98. The molecule has 0 spiro atoms. The fourth-order valence-corrected chi connectivity index (χ4v) is 2.05. The molecule has 0 aliphatic rings. The van der Waals surface area contributed by atoms with Gasteiger partial charge in [-0.15, -0.1) is 0 Å². The highest BCUT2D eigenvalue weighted by atomic mass is 32.2. The first-order chi connectivity index (χ1) is 7.27. The largest absolute Gasteiger partial charge is 0.206 e. The van der Waals surface area contributed by atoms with Gasteiger partial charge in [-0.05, 0) is 24.3 Å². The van der Waals surface area contributed by atoms with Crippen molar-refractivity contribution in [1.82, 2.24) is 0 Å². The van der Waals surface area contributed by atoms with Crippen LogP contribution in [0.25, 0.3) is 0 Å². The van der Waals surface area contributed by atoms with Crippen LogP contribution in [0.5, 0.6) is 0 Å². The minimum absolute atomic E-state index is 0.0451. The first-order valence-electron chi connectivity index (χ1n) is 4.44. The summed E-state index contributed by atoms with van der Waals surface area (Å²) >= 11 is 1.09. The fourth-order valence-electron chi connectivity index (χ4n) is 1.19. The summed E-state index contributed by atoms with van der Waals surface area (Å²) in [5.74, 6) is -1.05. The maximum atomic E-state index is 13.3. The Bertz CT molecular complexity index is 434. The molecule has 0 aliphatic carbocycles. The van der Waals surface area contributed by atoms with Crippen LogP contribution < -0.4 is 0 Å². The third-order valence-electron chi connectivity index (χ3n) is 1.88. The summed E-state index contributed by atoms with van der Waals surface area (Å²) in [4.78, 5) is 0.866. The van der Waals surface area contributed by atoms with Gasteiger partial charge >= 0.3 is 0 Å². The Hall–Kier alpha value is -1.35. The lowest BCUT2D eigenvalue weighted by Gasteiger charge is -2.03. The minimum Gasteiger partial charge on any atom is -0.206 e. The van der Waals surface area contributed by atoms with E-state index in [9.17, 15) is 8.78 Å². The van der Waals surface area contributed by atoms with E-state index in [2.05, 4.69) is 0 Å². The zero-order valence-corrected chi connectivity index (χ0v) is 8.60. The smallest absolute Gasteiger partial charge is 0.140 e. The Morgan fingerprint density at radius 2 is 1.33 bits per heavy atom. The molecule has 0 saturated heterocycles. The van der Waals surface area contributed by atoms with Gasteiger partial charge in [0.25, 0.3) is 0 Å². The lowest BCUT2D eigenvalue weighted by atomic mass is 10.3. The summed E-state index contributed by atoms with van der Waals surface area (Å²) in [5, 5.41) is 0. The molecular weight excluding hydrogens is 214 g/mol. The second kappa shape index (κ2) is 4.45. The van der Waals surface area contributed by atoms with Crippen LogP contribution in [-0.4, -0.2) is 0 Å². The van der Waals surface area contributed by atoms with Gasteiger partial charge in [0, 0.05) is 4.90 Å². The van der Waals surface area contributed by atoms with Crippen LogP contribution in [-0.2, 0) is 0 Å². The second-order valence-electron chi connectivity index (χ2n) is 2.97. The Kier molecular flexibility index (Phi) is 3.02. The second-order valence-corrected chi connectivity index (χ2v) is 4.05. The van der Waals surface area contributed by atoms with E-state index in [4.69, 9.17) is 0 Å². The fraction of sp³-hybridized carbons (Fsp3) is 0. The van der Waals surface area contributed by atoms with Crippen molar-refractivity contribution in [1.29, 1.82) is 0 Å². The molecular formula is C12H8F2S.